The summed E-state index contributed by atoms with van der Waals surface area (Å²) >= 11 is 0. The third-order valence-corrected chi connectivity index (χ3v) is 3.04. The van der Waals surface area contributed by atoms with Crippen molar-refractivity contribution in [2.45, 2.75) is 31.2 Å². The fourth-order valence-corrected chi connectivity index (χ4v) is 2.21. The first kappa shape index (κ1) is 9.23. The number of hydrogen-bond donors (Lipinski definition) is 1. The fourth-order valence-electron chi connectivity index (χ4n) is 2.21. The van der Waals surface area contributed by atoms with Crippen LogP contribution in [0, 0.1) is 11.3 Å². The summed E-state index contributed by atoms with van der Waals surface area (Å²) in [5.74, 6) is 0.503. The van der Waals surface area contributed by atoms with Gasteiger partial charge in [0.25, 0.3) is 0 Å². The third kappa shape index (κ3) is 1.64. The van der Waals surface area contributed by atoms with Crippen LogP contribution in [0.1, 0.15) is 36.3 Å². The second-order valence-electron chi connectivity index (χ2n) is 3.94. The molecule has 1 fully saturated rings. The van der Waals surface area contributed by atoms with Crippen molar-refractivity contribution in [3.63, 3.8) is 0 Å². The fraction of sp³-hybridized carbons (Fsp3) is 0.417. The van der Waals surface area contributed by atoms with E-state index in [0.717, 1.165) is 12.0 Å². The Morgan fingerprint density at radius 3 is 2.43 bits per heavy atom. The Morgan fingerprint density at radius 1 is 1.21 bits per heavy atom. The predicted octanol–water partition coefficient (Wildman–Crippen LogP) is 2.15. The maximum Gasteiger partial charge on any atom is 0.0991 e. The highest BCUT2D eigenvalue weighted by Crippen LogP contribution is 2.33. The summed E-state index contributed by atoms with van der Waals surface area (Å²) in [4.78, 5) is 0. The van der Waals surface area contributed by atoms with E-state index in [-0.39, 0.29) is 0 Å². The molecule has 14 heavy (non-hydrogen) atoms. The van der Waals surface area contributed by atoms with Gasteiger partial charge in [0.2, 0.25) is 0 Å². The first-order valence-corrected chi connectivity index (χ1v) is 5.07. The monoisotopic (exact) mass is 186 g/mol. The van der Waals surface area contributed by atoms with Crippen LogP contribution in [0.15, 0.2) is 24.3 Å². The molecule has 1 aliphatic carbocycles. The Morgan fingerprint density at radius 2 is 1.93 bits per heavy atom. The molecular weight excluding hydrogens is 172 g/mol. The highest BCUT2D eigenvalue weighted by atomic mass is 14.7. The van der Waals surface area contributed by atoms with Crippen LogP contribution in [0.5, 0.6) is 0 Å². The SMILES string of the molecule is N#Cc1ccc([C@@H]2CCC[C@H]2N)cc1. The van der Waals surface area contributed by atoms with Gasteiger partial charge in [0, 0.05) is 6.04 Å². The van der Waals surface area contributed by atoms with Crippen LogP contribution >= 0.6 is 0 Å². The Bertz CT molecular complexity index is 348. The lowest BCUT2D eigenvalue weighted by Gasteiger charge is -2.15. The minimum Gasteiger partial charge on any atom is -0.327 e. The minimum absolute atomic E-state index is 0.308. The van der Waals surface area contributed by atoms with Crippen molar-refractivity contribution in [3.05, 3.63) is 35.4 Å². The van der Waals surface area contributed by atoms with Crippen molar-refractivity contribution in [1.82, 2.24) is 0 Å². The van der Waals surface area contributed by atoms with Gasteiger partial charge >= 0.3 is 0 Å². The van der Waals surface area contributed by atoms with Gasteiger partial charge in [0.05, 0.1) is 11.6 Å². The van der Waals surface area contributed by atoms with E-state index in [1.165, 1.54) is 18.4 Å². The first-order valence-electron chi connectivity index (χ1n) is 5.07. The molecule has 1 aliphatic rings. The minimum atomic E-state index is 0.308. The second kappa shape index (κ2) is 3.81. The summed E-state index contributed by atoms with van der Waals surface area (Å²) in [5, 5.41) is 8.67. The van der Waals surface area contributed by atoms with E-state index >= 15 is 0 Å². The van der Waals surface area contributed by atoms with E-state index in [9.17, 15) is 0 Å². The van der Waals surface area contributed by atoms with E-state index in [4.69, 9.17) is 11.0 Å². The Balaban J connectivity index is 2.21. The van der Waals surface area contributed by atoms with Crippen LogP contribution in [0.3, 0.4) is 0 Å². The Kier molecular flexibility index (Phi) is 2.51. The van der Waals surface area contributed by atoms with Crippen molar-refractivity contribution >= 4 is 0 Å². The summed E-state index contributed by atoms with van der Waals surface area (Å²) < 4.78 is 0. The molecule has 0 aliphatic heterocycles. The van der Waals surface area contributed by atoms with Gasteiger partial charge in [-0.05, 0) is 36.5 Å². The largest absolute Gasteiger partial charge is 0.327 e. The molecule has 2 atom stereocenters. The third-order valence-electron chi connectivity index (χ3n) is 3.04. The summed E-state index contributed by atoms with van der Waals surface area (Å²) in [6.07, 6.45) is 3.55. The van der Waals surface area contributed by atoms with Gasteiger partial charge in [-0.3, -0.25) is 0 Å². The molecule has 0 aromatic heterocycles. The lowest BCUT2D eigenvalue weighted by molar-refractivity contribution is 0.613. The molecule has 0 unspecified atom stereocenters. The van der Waals surface area contributed by atoms with Gasteiger partial charge in [-0.1, -0.05) is 18.6 Å². The van der Waals surface area contributed by atoms with Gasteiger partial charge in [0.15, 0.2) is 0 Å². The van der Waals surface area contributed by atoms with Gasteiger partial charge in [-0.25, -0.2) is 0 Å². The quantitative estimate of drug-likeness (QED) is 0.730. The Labute approximate surface area is 84.3 Å². The number of nitrogens with zero attached hydrogens (tertiary/aromatic N) is 1. The summed E-state index contributed by atoms with van der Waals surface area (Å²) in [6.45, 7) is 0. The van der Waals surface area contributed by atoms with Crippen molar-refractivity contribution in [3.8, 4) is 6.07 Å². The molecular formula is C12H14N2. The van der Waals surface area contributed by atoms with Crippen molar-refractivity contribution in [2.75, 3.05) is 0 Å². The molecule has 1 aromatic carbocycles. The van der Waals surface area contributed by atoms with E-state index < -0.39 is 0 Å². The van der Waals surface area contributed by atoms with Gasteiger partial charge in [0.1, 0.15) is 0 Å². The van der Waals surface area contributed by atoms with Crippen LogP contribution < -0.4 is 5.73 Å². The maximum absolute atomic E-state index is 8.67. The predicted molar refractivity (Wildman–Crippen MR) is 55.7 cm³/mol. The van der Waals surface area contributed by atoms with Crippen molar-refractivity contribution < 1.29 is 0 Å². The van der Waals surface area contributed by atoms with Crippen LogP contribution in [0.2, 0.25) is 0 Å². The number of benzene rings is 1. The zero-order valence-corrected chi connectivity index (χ0v) is 8.11. The highest BCUT2D eigenvalue weighted by molar-refractivity contribution is 5.33. The average molecular weight is 186 g/mol. The summed E-state index contributed by atoms with van der Waals surface area (Å²) in [6, 6.07) is 10.3. The number of hydrogen-bond acceptors (Lipinski definition) is 2. The first-order chi connectivity index (χ1) is 6.81. The molecule has 72 valence electrons. The molecule has 0 heterocycles. The topological polar surface area (TPSA) is 49.8 Å². The van der Waals surface area contributed by atoms with Crippen molar-refractivity contribution in [1.29, 1.82) is 5.26 Å². The van der Waals surface area contributed by atoms with Gasteiger partial charge in [-0.15, -0.1) is 0 Å². The molecule has 0 radical (unpaired) electrons. The van der Waals surface area contributed by atoms with Crippen molar-refractivity contribution in [2.24, 2.45) is 5.73 Å². The smallest absolute Gasteiger partial charge is 0.0991 e. The van der Waals surface area contributed by atoms with E-state index in [0.29, 0.717) is 12.0 Å². The molecule has 1 aromatic rings. The normalized spacial score (nSPS) is 26.0. The van der Waals surface area contributed by atoms with Crippen LogP contribution in [-0.4, -0.2) is 6.04 Å². The second-order valence-corrected chi connectivity index (χ2v) is 3.94. The molecule has 0 spiro atoms. The van der Waals surface area contributed by atoms with Crippen LogP contribution in [0.25, 0.3) is 0 Å². The number of rotatable bonds is 1. The van der Waals surface area contributed by atoms with Gasteiger partial charge in [-0.2, -0.15) is 5.26 Å². The molecule has 1 saturated carbocycles. The molecule has 0 bridgehead atoms. The number of nitriles is 1. The number of nitrogens with two attached hydrogens (primary N) is 1. The lowest BCUT2D eigenvalue weighted by atomic mass is 9.94. The molecule has 0 amide bonds. The summed E-state index contributed by atoms with van der Waals surface area (Å²) in [5.41, 5.74) is 8.03. The standard InChI is InChI=1S/C12H14N2/c13-8-9-4-6-10(7-5-9)11-2-1-3-12(11)14/h4-7,11-12H,1-3,14H2/t11-,12+/m0/s1. The molecule has 0 saturated heterocycles. The zero-order chi connectivity index (χ0) is 9.97. The molecule has 2 N–H and O–H groups in total. The van der Waals surface area contributed by atoms with Crippen LogP contribution in [-0.2, 0) is 0 Å². The highest BCUT2D eigenvalue weighted by Gasteiger charge is 2.24. The van der Waals surface area contributed by atoms with E-state index in [1.54, 1.807) is 0 Å². The average Bonchev–Trinajstić information content (AvgIpc) is 2.65. The van der Waals surface area contributed by atoms with Crippen LogP contribution in [0.4, 0.5) is 0 Å². The van der Waals surface area contributed by atoms with E-state index in [1.807, 2.05) is 24.3 Å². The zero-order valence-electron chi connectivity index (χ0n) is 8.11. The molecule has 2 nitrogen and oxygen atoms in total. The van der Waals surface area contributed by atoms with E-state index in [2.05, 4.69) is 6.07 Å². The molecule has 2 rings (SSSR count). The lowest BCUT2D eigenvalue weighted by Crippen LogP contribution is -2.22. The Hall–Kier alpha value is -1.33. The molecule has 2 heteroatoms. The maximum atomic E-state index is 8.67. The summed E-state index contributed by atoms with van der Waals surface area (Å²) in [7, 11) is 0. The van der Waals surface area contributed by atoms with Gasteiger partial charge < -0.3 is 5.73 Å².